The van der Waals surface area contributed by atoms with Crippen molar-refractivity contribution >= 4 is 47.0 Å². The number of carbonyl (C=O) groups excluding carboxylic acids is 4. The highest BCUT2D eigenvalue weighted by atomic mass is 35.5. The van der Waals surface area contributed by atoms with Gasteiger partial charge in [0.1, 0.15) is 6.61 Å². The zero-order chi connectivity index (χ0) is 39.3. The fourth-order valence-corrected chi connectivity index (χ4v) is 7.87. The molecule has 4 aliphatic rings. The molecular formula is C37H48ClF3N8O6. The van der Waals surface area contributed by atoms with Crippen molar-refractivity contribution in [3.05, 3.63) is 58.1 Å². The Labute approximate surface area is 323 Å². The van der Waals surface area contributed by atoms with Gasteiger partial charge in [0.2, 0.25) is 0 Å². The number of likely N-dealkylation sites (tertiary alicyclic amines) is 2. The third-order valence-corrected chi connectivity index (χ3v) is 11.1. The maximum Gasteiger partial charge on any atom is 0.418 e. The van der Waals surface area contributed by atoms with Gasteiger partial charge in [0.15, 0.2) is 6.10 Å². The summed E-state index contributed by atoms with van der Waals surface area (Å²) in [5.74, 6) is -0.806. The Morgan fingerprint density at radius 2 is 1.71 bits per heavy atom. The molecule has 4 amide bonds. The van der Waals surface area contributed by atoms with E-state index in [0.717, 1.165) is 17.3 Å². The molecule has 6 rings (SSSR count). The number of urea groups is 1. The molecule has 14 nitrogen and oxygen atoms in total. The number of amides is 4. The molecule has 0 unspecified atom stereocenters. The number of nitrogens with zero attached hydrogens (tertiary/aromatic N) is 5. The first-order chi connectivity index (χ1) is 26.3. The number of nitrogen functional groups attached to an aromatic ring is 1. The van der Waals surface area contributed by atoms with Gasteiger partial charge in [0.05, 0.1) is 22.8 Å². The smallest absolute Gasteiger partial charge is 0.418 e. The van der Waals surface area contributed by atoms with E-state index in [2.05, 4.69) is 15.5 Å². The number of likely N-dealkylation sites (N-methyl/N-ethyl adjacent to an activating group) is 1. The number of hydrogen-bond donors (Lipinski definition) is 3. The van der Waals surface area contributed by atoms with Crippen LogP contribution in [0.3, 0.4) is 0 Å². The molecule has 300 valence electrons. The van der Waals surface area contributed by atoms with Crippen molar-refractivity contribution in [2.75, 3.05) is 96.7 Å². The number of nitrogens with one attached hydrogen (secondary N) is 2. The van der Waals surface area contributed by atoms with E-state index in [0.29, 0.717) is 78.2 Å². The normalized spacial score (nSPS) is 19.6. The van der Waals surface area contributed by atoms with E-state index in [4.69, 9.17) is 26.8 Å². The number of rotatable bonds is 11. The predicted octanol–water partition coefficient (Wildman–Crippen LogP) is 3.13. The van der Waals surface area contributed by atoms with Gasteiger partial charge in [-0.1, -0.05) is 29.8 Å². The number of carbonyl (C=O) groups is 4. The highest BCUT2D eigenvalue weighted by Crippen LogP contribution is 2.38. The molecule has 0 aromatic heterocycles. The average Bonchev–Trinajstić information content (AvgIpc) is 3.31. The van der Waals surface area contributed by atoms with Gasteiger partial charge in [-0.25, -0.2) is 9.59 Å². The molecule has 4 N–H and O–H groups in total. The summed E-state index contributed by atoms with van der Waals surface area (Å²) in [6.07, 6.45) is -5.68. The third kappa shape index (κ3) is 9.92. The number of halogens is 4. The van der Waals surface area contributed by atoms with E-state index in [1.165, 1.54) is 11.0 Å². The van der Waals surface area contributed by atoms with E-state index in [9.17, 15) is 32.3 Å². The molecule has 3 fully saturated rings. The van der Waals surface area contributed by atoms with Crippen molar-refractivity contribution in [2.45, 2.75) is 50.0 Å². The van der Waals surface area contributed by atoms with Gasteiger partial charge >= 0.3 is 24.3 Å². The molecule has 0 saturated carbocycles. The summed E-state index contributed by atoms with van der Waals surface area (Å²) < 4.78 is 52.6. The largest absolute Gasteiger partial charge is 0.463 e. The molecule has 2 aromatic rings. The summed E-state index contributed by atoms with van der Waals surface area (Å²) in [6.45, 7) is 5.21. The number of anilines is 2. The lowest BCUT2D eigenvalue weighted by Crippen LogP contribution is -2.64. The molecule has 1 atom stereocenters. The minimum atomic E-state index is -4.79. The van der Waals surface area contributed by atoms with E-state index in [-0.39, 0.29) is 60.7 Å². The van der Waals surface area contributed by atoms with Crippen molar-refractivity contribution in [1.82, 2.24) is 29.8 Å². The lowest BCUT2D eigenvalue weighted by atomic mass is 10.0. The number of ether oxygens (including phenoxy) is 2. The maximum absolute atomic E-state index is 14.0. The minimum Gasteiger partial charge on any atom is -0.463 e. The highest BCUT2D eigenvalue weighted by Gasteiger charge is 2.39. The van der Waals surface area contributed by atoms with Gasteiger partial charge in [-0.3, -0.25) is 19.4 Å². The van der Waals surface area contributed by atoms with Crippen LogP contribution in [0.5, 0.6) is 0 Å². The molecule has 0 aliphatic carbocycles. The van der Waals surface area contributed by atoms with E-state index in [1.807, 2.05) is 29.2 Å². The number of esters is 1. The van der Waals surface area contributed by atoms with Crippen molar-refractivity contribution in [3.63, 3.8) is 0 Å². The van der Waals surface area contributed by atoms with Gasteiger partial charge in [0, 0.05) is 89.6 Å². The zero-order valence-corrected chi connectivity index (χ0v) is 31.5. The monoisotopic (exact) mass is 792 g/mol. The molecule has 2 aromatic carbocycles. The summed E-state index contributed by atoms with van der Waals surface area (Å²) in [5.41, 5.74) is 5.77. The second-order valence-electron chi connectivity index (χ2n) is 14.4. The van der Waals surface area contributed by atoms with E-state index >= 15 is 0 Å². The number of piperazine rings is 1. The number of alkyl halides is 3. The molecule has 0 radical (unpaired) electrons. The molecular weight excluding hydrogens is 745 g/mol. The summed E-state index contributed by atoms with van der Waals surface area (Å²) in [5, 5.41) is 5.58. The number of nitrogens with two attached hydrogens (primary N) is 1. The Hall–Kier alpha value is -4.32. The predicted molar refractivity (Wildman–Crippen MR) is 199 cm³/mol. The van der Waals surface area contributed by atoms with Crippen LogP contribution in [0.25, 0.3) is 0 Å². The van der Waals surface area contributed by atoms with Crippen LogP contribution < -0.4 is 16.4 Å². The zero-order valence-electron chi connectivity index (χ0n) is 30.8. The number of piperidine rings is 1. The van der Waals surface area contributed by atoms with E-state index < -0.39 is 35.5 Å². The Kier molecular flexibility index (Phi) is 12.9. The number of hydrogen-bond acceptors (Lipinski definition) is 10. The van der Waals surface area contributed by atoms with Crippen molar-refractivity contribution < 1.29 is 41.8 Å². The number of fused-ring (bicyclic) bond motifs is 1. The molecule has 4 heterocycles. The van der Waals surface area contributed by atoms with Crippen molar-refractivity contribution in [1.29, 1.82) is 0 Å². The molecule has 4 aliphatic heterocycles. The quantitative estimate of drug-likeness (QED) is 0.176. The third-order valence-electron chi connectivity index (χ3n) is 10.8. The minimum absolute atomic E-state index is 0.0437. The standard InChI is InChI=1S/C37H48ClF3N8O6/c1-43-9-17-54-32(50)23-45-21-27(22-45)46-13-15-47(16-14-46)34(51)31(20-24-18-28(37(39,40)41)33(42)29(38)19-24)55-36(53)48-10-7-26(8-11-48)49-12-6-25-4-2-3-5-30(25)44-35(49)52/h2-5,18-19,26-27,31,43H,6-17,20-23,42H2,1H3,(H,44,52)/t31-/m1/s1. The first-order valence-corrected chi connectivity index (χ1v) is 19.0. The second kappa shape index (κ2) is 17.6. The van der Waals surface area contributed by atoms with Gasteiger partial charge < -0.3 is 40.5 Å². The van der Waals surface area contributed by atoms with Crippen LogP contribution in [-0.4, -0.2) is 152 Å². The van der Waals surface area contributed by atoms with Crippen LogP contribution in [0.4, 0.5) is 34.1 Å². The molecule has 0 bridgehead atoms. The lowest BCUT2D eigenvalue weighted by molar-refractivity contribution is -0.148. The molecule has 0 spiro atoms. The topological polar surface area (TPSA) is 153 Å². The van der Waals surface area contributed by atoms with Crippen LogP contribution in [0.15, 0.2) is 36.4 Å². The first kappa shape index (κ1) is 40.3. The first-order valence-electron chi connectivity index (χ1n) is 18.6. The van der Waals surface area contributed by atoms with Crippen molar-refractivity contribution in [3.8, 4) is 0 Å². The summed E-state index contributed by atoms with van der Waals surface area (Å²) in [6, 6.07) is 9.62. The summed E-state index contributed by atoms with van der Waals surface area (Å²) >= 11 is 6.11. The Bertz CT molecular complexity index is 1710. The van der Waals surface area contributed by atoms with Gasteiger partial charge in [-0.15, -0.1) is 0 Å². The van der Waals surface area contributed by atoms with Gasteiger partial charge in [-0.2, -0.15) is 13.2 Å². The van der Waals surface area contributed by atoms with Crippen LogP contribution in [-0.2, 0) is 38.1 Å². The lowest BCUT2D eigenvalue weighted by Gasteiger charge is -2.48. The molecule has 3 saturated heterocycles. The summed E-state index contributed by atoms with van der Waals surface area (Å²) in [4.78, 5) is 61.9. The van der Waals surface area contributed by atoms with Crippen LogP contribution in [0.1, 0.15) is 29.5 Å². The average molecular weight is 793 g/mol. The Morgan fingerprint density at radius 3 is 2.40 bits per heavy atom. The summed E-state index contributed by atoms with van der Waals surface area (Å²) in [7, 11) is 1.78. The van der Waals surface area contributed by atoms with Gasteiger partial charge in [-0.05, 0) is 55.6 Å². The van der Waals surface area contributed by atoms with Gasteiger partial charge in [0.25, 0.3) is 5.91 Å². The SMILES string of the molecule is CNCCOC(=O)CN1CC(N2CCN(C(=O)[C@@H](Cc3cc(Cl)c(N)c(C(F)(F)F)c3)OC(=O)N3CCC(N4CCc5ccccc5NC4=O)CC3)CC2)C1. The molecule has 18 heteroatoms. The highest BCUT2D eigenvalue weighted by molar-refractivity contribution is 6.33. The van der Waals surface area contributed by atoms with Crippen LogP contribution in [0.2, 0.25) is 5.02 Å². The fourth-order valence-electron chi connectivity index (χ4n) is 7.62. The second-order valence-corrected chi connectivity index (χ2v) is 14.8. The number of para-hydroxylation sites is 1. The van der Waals surface area contributed by atoms with Crippen molar-refractivity contribution in [2.24, 2.45) is 0 Å². The fraction of sp³-hybridized carbons (Fsp3) is 0.568. The van der Waals surface area contributed by atoms with E-state index in [1.54, 1.807) is 16.8 Å². The van der Waals surface area contributed by atoms with Crippen LogP contribution >= 0.6 is 11.6 Å². The maximum atomic E-state index is 14.0. The number of benzene rings is 2. The molecule has 55 heavy (non-hydrogen) atoms. The Morgan fingerprint density at radius 1 is 1.00 bits per heavy atom. The van der Waals surface area contributed by atoms with Crippen LogP contribution in [0, 0.1) is 0 Å². The Balaban J connectivity index is 1.07.